The summed E-state index contributed by atoms with van der Waals surface area (Å²) in [6, 6.07) is 8.27. The van der Waals surface area contributed by atoms with Crippen molar-refractivity contribution in [3.8, 4) is 0 Å². The molecule has 3 heterocycles. The normalized spacial score (nSPS) is 19.2. The third kappa shape index (κ3) is 3.67. The van der Waals surface area contributed by atoms with Gasteiger partial charge in [0.25, 0.3) is 0 Å². The van der Waals surface area contributed by atoms with Crippen molar-refractivity contribution in [2.24, 2.45) is 7.05 Å². The average Bonchev–Trinajstić information content (AvgIpc) is 3.27. The zero-order valence-corrected chi connectivity index (χ0v) is 19.4. The Morgan fingerprint density at radius 2 is 1.91 bits per heavy atom. The van der Waals surface area contributed by atoms with Crippen molar-refractivity contribution in [2.75, 3.05) is 23.3 Å². The van der Waals surface area contributed by atoms with Gasteiger partial charge < -0.3 is 15.5 Å². The van der Waals surface area contributed by atoms with Crippen LogP contribution in [0.15, 0.2) is 30.5 Å². The molecule has 5 rings (SSSR count). The molecule has 4 aromatic rings. The van der Waals surface area contributed by atoms with Crippen molar-refractivity contribution in [2.45, 2.75) is 39.4 Å². The highest BCUT2D eigenvalue weighted by Gasteiger charge is 2.23. The maximum Gasteiger partial charge on any atom is 0.161 e. The van der Waals surface area contributed by atoms with Gasteiger partial charge in [0, 0.05) is 61.7 Å². The lowest BCUT2D eigenvalue weighted by molar-refractivity contribution is 0.407. The number of rotatable bonds is 4. The molecule has 1 saturated heterocycles. The highest BCUT2D eigenvalue weighted by molar-refractivity contribution is 6.37. The third-order valence-electron chi connectivity index (χ3n) is 5.95. The standard InChI is InChI=1S/C23H27ClFN7/c1-5-32-20-9-17(31-10-13(2)26-14(3)11-31)8-18(24)21(20)23(29-32)27-16-6-15-12-30(4)28-22(15)19(25)7-16/h6-9,12-14,26H,5,10-11H2,1-4H3,(H,27,29)/t13-,14-/m1/s1. The molecule has 0 saturated carbocycles. The molecular formula is C23H27ClFN7. The molecule has 168 valence electrons. The van der Waals surface area contributed by atoms with Gasteiger partial charge in [-0.1, -0.05) is 11.6 Å². The molecule has 1 aliphatic heterocycles. The molecule has 0 amide bonds. The third-order valence-corrected chi connectivity index (χ3v) is 6.25. The number of anilines is 3. The second-order valence-electron chi connectivity index (χ2n) is 8.68. The summed E-state index contributed by atoms with van der Waals surface area (Å²) in [4.78, 5) is 2.36. The SMILES string of the molecule is CCn1nc(Nc2cc(F)c3nn(C)cc3c2)c2c(Cl)cc(N3C[C@@H](C)N[C@H](C)C3)cc21. The van der Waals surface area contributed by atoms with Crippen molar-refractivity contribution in [3.05, 3.63) is 41.3 Å². The lowest BCUT2D eigenvalue weighted by Gasteiger charge is -2.37. The van der Waals surface area contributed by atoms with Crippen molar-refractivity contribution in [1.82, 2.24) is 24.9 Å². The summed E-state index contributed by atoms with van der Waals surface area (Å²) >= 11 is 6.80. The average molecular weight is 456 g/mol. The Hall–Kier alpha value is -2.84. The first-order chi connectivity index (χ1) is 15.3. The number of piperazine rings is 1. The second-order valence-corrected chi connectivity index (χ2v) is 9.09. The van der Waals surface area contributed by atoms with Gasteiger partial charge in [-0.05, 0) is 45.0 Å². The van der Waals surface area contributed by atoms with Crippen LogP contribution in [0, 0.1) is 5.82 Å². The fourth-order valence-electron chi connectivity index (χ4n) is 4.71. The van der Waals surface area contributed by atoms with Crippen molar-refractivity contribution < 1.29 is 4.39 Å². The van der Waals surface area contributed by atoms with E-state index in [9.17, 15) is 4.39 Å². The molecule has 0 spiro atoms. The first-order valence-electron chi connectivity index (χ1n) is 10.9. The van der Waals surface area contributed by atoms with Gasteiger partial charge in [-0.15, -0.1) is 0 Å². The fourth-order valence-corrected chi connectivity index (χ4v) is 5.01. The van der Waals surface area contributed by atoms with Crippen LogP contribution in [0.5, 0.6) is 0 Å². The smallest absolute Gasteiger partial charge is 0.161 e. The molecular weight excluding hydrogens is 429 g/mol. The van der Waals surface area contributed by atoms with Crippen LogP contribution in [0.4, 0.5) is 21.6 Å². The van der Waals surface area contributed by atoms with Crippen LogP contribution in [0.1, 0.15) is 20.8 Å². The zero-order valence-electron chi connectivity index (χ0n) is 18.7. The number of fused-ring (bicyclic) bond motifs is 2. The van der Waals surface area contributed by atoms with E-state index in [4.69, 9.17) is 16.7 Å². The van der Waals surface area contributed by atoms with Gasteiger partial charge in [0.1, 0.15) is 5.52 Å². The minimum atomic E-state index is -0.375. The molecule has 2 N–H and O–H groups in total. The lowest BCUT2D eigenvalue weighted by Crippen LogP contribution is -2.54. The monoisotopic (exact) mass is 455 g/mol. The van der Waals surface area contributed by atoms with Crippen LogP contribution < -0.4 is 15.5 Å². The maximum atomic E-state index is 14.6. The number of aromatic nitrogens is 4. The Kier molecular flexibility index (Phi) is 5.22. The zero-order chi connectivity index (χ0) is 22.6. The van der Waals surface area contributed by atoms with Gasteiger partial charge in [0.05, 0.1) is 15.9 Å². The predicted octanol–water partition coefficient (Wildman–Crippen LogP) is 4.67. The number of hydrogen-bond donors (Lipinski definition) is 2. The van der Waals surface area contributed by atoms with E-state index in [1.54, 1.807) is 17.9 Å². The van der Waals surface area contributed by atoms with Crippen molar-refractivity contribution in [1.29, 1.82) is 0 Å². The molecule has 2 atom stereocenters. The summed E-state index contributed by atoms with van der Waals surface area (Å²) in [7, 11) is 1.78. The van der Waals surface area contributed by atoms with E-state index in [1.165, 1.54) is 6.07 Å². The van der Waals surface area contributed by atoms with Crippen molar-refractivity contribution in [3.63, 3.8) is 0 Å². The summed E-state index contributed by atoms with van der Waals surface area (Å²) in [5.41, 5.74) is 3.01. The van der Waals surface area contributed by atoms with Crippen LogP contribution in [0.25, 0.3) is 21.8 Å². The molecule has 2 aromatic heterocycles. The largest absolute Gasteiger partial charge is 0.368 e. The summed E-state index contributed by atoms with van der Waals surface area (Å²) in [5, 5.41) is 17.9. The van der Waals surface area contributed by atoms with E-state index in [0.717, 1.165) is 35.1 Å². The van der Waals surface area contributed by atoms with E-state index < -0.39 is 0 Å². The van der Waals surface area contributed by atoms with Crippen LogP contribution in [-0.2, 0) is 13.6 Å². The van der Waals surface area contributed by atoms with E-state index in [1.807, 2.05) is 23.7 Å². The van der Waals surface area contributed by atoms with Crippen LogP contribution >= 0.6 is 11.6 Å². The number of hydrogen-bond acceptors (Lipinski definition) is 5. The minimum Gasteiger partial charge on any atom is -0.368 e. The summed E-state index contributed by atoms with van der Waals surface area (Å²) in [6.45, 7) is 8.97. The molecule has 7 nitrogen and oxygen atoms in total. The quantitative estimate of drug-likeness (QED) is 0.468. The second kappa shape index (κ2) is 7.94. The van der Waals surface area contributed by atoms with Crippen LogP contribution in [0.3, 0.4) is 0 Å². The molecule has 0 unspecified atom stereocenters. The molecule has 0 radical (unpaired) electrons. The Morgan fingerprint density at radius 1 is 1.16 bits per heavy atom. The summed E-state index contributed by atoms with van der Waals surface area (Å²) in [6.07, 6.45) is 1.79. The van der Waals surface area contributed by atoms with Crippen molar-refractivity contribution >= 4 is 50.6 Å². The maximum absolute atomic E-state index is 14.6. The molecule has 0 aliphatic carbocycles. The van der Waals surface area contributed by atoms with E-state index in [0.29, 0.717) is 40.7 Å². The molecule has 9 heteroatoms. The van der Waals surface area contributed by atoms with Crippen LogP contribution in [-0.4, -0.2) is 44.7 Å². The molecule has 1 aliphatic rings. The van der Waals surface area contributed by atoms with E-state index >= 15 is 0 Å². The van der Waals surface area contributed by atoms with Gasteiger partial charge in [-0.2, -0.15) is 10.2 Å². The first-order valence-corrected chi connectivity index (χ1v) is 11.3. The number of nitrogens with zero attached hydrogens (tertiary/aromatic N) is 5. The molecule has 1 fully saturated rings. The summed E-state index contributed by atoms with van der Waals surface area (Å²) in [5.74, 6) is 0.239. The minimum absolute atomic E-state index is 0.351. The van der Waals surface area contributed by atoms with E-state index in [2.05, 4.69) is 40.5 Å². The predicted molar refractivity (Wildman–Crippen MR) is 129 cm³/mol. The van der Waals surface area contributed by atoms with E-state index in [-0.39, 0.29) is 5.82 Å². The van der Waals surface area contributed by atoms with Gasteiger partial charge in [0.2, 0.25) is 0 Å². The number of halogens is 2. The highest BCUT2D eigenvalue weighted by atomic mass is 35.5. The van der Waals surface area contributed by atoms with Gasteiger partial charge >= 0.3 is 0 Å². The number of nitrogens with one attached hydrogen (secondary N) is 2. The van der Waals surface area contributed by atoms with Gasteiger partial charge in [0.15, 0.2) is 11.6 Å². The van der Waals surface area contributed by atoms with Gasteiger partial charge in [-0.3, -0.25) is 9.36 Å². The van der Waals surface area contributed by atoms with Gasteiger partial charge in [-0.25, -0.2) is 4.39 Å². The molecule has 0 bridgehead atoms. The highest BCUT2D eigenvalue weighted by Crippen LogP contribution is 2.37. The van der Waals surface area contributed by atoms with Crippen LogP contribution in [0.2, 0.25) is 5.02 Å². The fraction of sp³-hybridized carbons (Fsp3) is 0.391. The molecule has 2 aromatic carbocycles. The topological polar surface area (TPSA) is 62.9 Å². The molecule has 32 heavy (non-hydrogen) atoms. The lowest BCUT2D eigenvalue weighted by atomic mass is 10.1. The summed E-state index contributed by atoms with van der Waals surface area (Å²) < 4.78 is 18.1. The Balaban J connectivity index is 1.56. The Labute approximate surface area is 191 Å². The Morgan fingerprint density at radius 3 is 2.62 bits per heavy atom. The number of aryl methyl sites for hydroxylation is 2. The number of benzene rings is 2. The Bertz CT molecular complexity index is 1300. The first kappa shape index (κ1) is 21.0.